The smallest absolute Gasteiger partial charge is 0.246 e. The topological polar surface area (TPSA) is 87.2 Å². The third kappa shape index (κ3) is 5.16. The van der Waals surface area contributed by atoms with Gasteiger partial charge in [-0.25, -0.2) is 25.6 Å². The van der Waals surface area contributed by atoms with E-state index in [4.69, 9.17) is 4.74 Å². The lowest BCUT2D eigenvalue weighted by Gasteiger charge is -2.36. The van der Waals surface area contributed by atoms with Crippen molar-refractivity contribution in [1.29, 1.82) is 0 Å². The number of hydrogen-bond donors (Lipinski definition) is 0. The zero-order chi connectivity index (χ0) is 25.4. The fourth-order valence-electron chi connectivity index (χ4n) is 4.58. The first-order valence-corrected chi connectivity index (χ1v) is 14.3. The van der Waals surface area contributed by atoms with Crippen LogP contribution in [0.2, 0.25) is 0 Å². The van der Waals surface area contributed by atoms with Crippen molar-refractivity contribution < 1.29 is 30.4 Å². The molecule has 8 nitrogen and oxygen atoms in total. The van der Waals surface area contributed by atoms with Crippen molar-refractivity contribution in [3.05, 3.63) is 48.0 Å². The van der Waals surface area contributed by atoms with Gasteiger partial charge in [-0.15, -0.1) is 0 Å². The van der Waals surface area contributed by atoms with Crippen LogP contribution in [-0.4, -0.2) is 71.8 Å². The van der Waals surface area contributed by atoms with Gasteiger partial charge in [-0.3, -0.25) is 0 Å². The lowest BCUT2D eigenvalue weighted by Crippen LogP contribution is -2.49. The van der Waals surface area contributed by atoms with E-state index in [-0.39, 0.29) is 37.0 Å². The van der Waals surface area contributed by atoms with E-state index < -0.39 is 36.6 Å². The summed E-state index contributed by atoms with van der Waals surface area (Å²) in [6.45, 7) is 3.55. The van der Waals surface area contributed by atoms with E-state index in [9.17, 15) is 25.6 Å². The van der Waals surface area contributed by atoms with E-state index in [1.165, 1.54) is 17.5 Å². The Labute approximate surface area is 205 Å². The molecule has 192 valence electrons. The number of nitrogens with zero attached hydrogens (tertiary/aromatic N) is 3. The number of benzene rings is 2. The normalized spacial score (nSPS) is 20.7. The summed E-state index contributed by atoms with van der Waals surface area (Å²) in [5.41, 5.74) is 0.545. The van der Waals surface area contributed by atoms with Crippen molar-refractivity contribution in [1.82, 2.24) is 8.61 Å². The number of methoxy groups -OCH3 is 1. The van der Waals surface area contributed by atoms with E-state index >= 15 is 0 Å². The van der Waals surface area contributed by atoms with Crippen LogP contribution in [-0.2, 0) is 20.0 Å². The van der Waals surface area contributed by atoms with Crippen LogP contribution in [0.5, 0.6) is 5.75 Å². The Hall–Kier alpha value is -2.28. The second kappa shape index (κ2) is 10.00. The maximum absolute atomic E-state index is 14.1. The maximum atomic E-state index is 14.1. The molecule has 2 fully saturated rings. The second-order valence-electron chi connectivity index (χ2n) is 8.91. The summed E-state index contributed by atoms with van der Waals surface area (Å²) in [6, 6.07) is 7.07. The van der Waals surface area contributed by atoms with Crippen LogP contribution >= 0.6 is 0 Å². The fourth-order valence-corrected chi connectivity index (χ4v) is 7.67. The molecule has 35 heavy (non-hydrogen) atoms. The lowest BCUT2D eigenvalue weighted by molar-refractivity contribution is 0.281. The number of anilines is 1. The maximum Gasteiger partial charge on any atom is 0.246 e. The van der Waals surface area contributed by atoms with E-state index in [1.807, 2.05) is 11.8 Å². The molecule has 0 spiro atoms. The van der Waals surface area contributed by atoms with Gasteiger partial charge < -0.3 is 9.64 Å². The van der Waals surface area contributed by atoms with Gasteiger partial charge in [0.1, 0.15) is 22.3 Å². The fraction of sp³-hybridized carbons (Fsp3) is 0.478. The number of ether oxygens (including phenoxy) is 1. The minimum absolute atomic E-state index is 0.0446. The molecule has 4 rings (SSSR count). The number of piperidine rings is 1. The average molecular weight is 530 g/mol. The molecule has 0 N–H and O–H groups in total. The Morgan fingerprint density at radius 3 is 2.23 bits per heavy atom. The van der Waals surface area contributed by atoms with Gasteiger partial charge in [-0.2, -0.15) is 8.61 Å². The van der Waals surface area contributed by atoms with E-state index in [0.717, 1.165) is 29.3 Å². The number of rotatable bonds is 6. The molecule has 2 heterocycles. The van der Waals surface area contributed by atoms with Gasteiger partial charge in [0.25, 0.3) is 0 Å². The molecule has 2 saturated heterocycles. The average Bonchev–Trinajstić information content (AvgIpc) is 2.83. The highest BCUT2D eigenvalue weighted by Crippen LogP contribution is 2.34. The highest BCUT2D eigenvalue weighted by molar-refractivity contribution is 7.89. The molecule has 0 amide bonds. The Morgan fingerprint density at radius 2 is 1.60 bits per heavy atom. The van der Waals surface area contributed by atoms with Crippen LogP contribution in [0.25, 0.3) is 0 Å². The molecule has 0 aromatic heterocycles. The minimum atomic E-state index is -4.15. The predicted molar refractivity (Wildman–Crippen MR) is 127 cm³/mol. The van der Waals surface area contributed by atoms with Crippen molar-refractivity contribution in [2.75, 3.05) is 51.3 Å². The molecule has 0 radical (unpaired) electrons. The number of piperazine rings is 1. The quantitative estimate of drug-likeness (QED) is 0.572. The predicted octanol–water partition coefficient (Wildman–Crippen LogP) is 2.90. The van der Waals surface area contributed by atoms with Gasteiger partial charge in [-0.1, -0.05) is 6.92 Å². The molecule has 2 aliphatic rings. The lowest BCUT2D eigenvalue weighted by atomic mass is 10.0. The summed E-state index contributed by atoms with van der Waals surface area (Å²) in [4.78, 5) is 1.43. The monoisotopic (exact) mass is 529 g/mol. The van der Waals surface area contributed by atoms with E-state index in [2.05, 4.69) is 0 Å². The molecule has 12 heteroatoms. The van der Waals surface area contributed by atoms with Gasteiger partial charge in [0, 0.05) is 45.3 Å². The third-order valence-corrected chi connectivity index (χ3v) is 10.3. The standard InChI is InChI=1S/C23H29F2N3O5S2/c1-17-4-3-9-28(16-17)34(29,30)19-6-7-22(33-2)21(15-19)26-10-12-27(13-11-26)35(31,32)23-8-5-18(24)14-20(23)25/h5-8,14-15,17H,3-4,9-13,16H2,1-2H3/t17-/m1/s1. The van der Waals surface area contributed by atoms with Crippen LogP contribution in [0.1, 0.15) is 19.8 Å². The van der Waals surface area contributed by atoms with Crippen LogP contribution in [0, 0.1) is 17.6 Å². The summed E-state index contributed by atoms with van der Waals surface area (Å²) in [6.07, 6.45) is 1.81. The third-order valence-electron chi connectivity index (χ3n) is 6.50. The first-order valence-electron chi connectivity index (χ1n) is 11.4. The Morgan fingerprint density at radius 1 is 0.886 bits per heavy atom. The van der Waals surface area contributed by atoms with Crippen LogP contribution in [0.3, 0.4) is 0 Å². The largest absolute Gasteiger partial charge is 0.495 e. The highest BCUT2D eigenvalue weighted by atomic mass is 32.2. The summed E-state index contributed by atoms with van der Waals surface area (Å²) in [5.74, 6) is -1.24. The molecular weight excluding hydrogens is 500 g/mol. The van der Waals surface area contributed by atoms with Crippen LogP contribution in [0.4, 0.5) is 14.5 Å². The zero-order valence-electron chi connectivity index (χ0n) is 19.7. The highest BCUT2D eigenvalue weighted by Gasteiger charge is 2.33. The van der Waals surface area contributed by atoms with Gasteiger partial charge in [0.15, 0.2) is 0 Å². The molecule has 2 aromatic carbocycles. The van der Waals surface area contributed by atoms with E-state index in [1.54, 1.807) is 12.1 Å². The van der Waals surface area contributed by atoms with Gasteiger partial charge in [0.05, 0.1) is 17.7 Å². The van der Waals surface area contributed by atoms with Crippen molar-refractivity contribution in [2.24, 2.45) is 5.92 Å². The number of sulfonamides is 2. The van der Waals surface area contributed by atoms with Crippen molar-refractivity contribution in [2.45, 2.75) is 29.6 Å². The molecule has 2 aromatic rings. The Bertz CT molecular complexity index is 1300. The summed E-state index contributed by atoms with van der Waals surface area (Å²) < 4.78 is 87.9. The molecule has 2 aliphatic heterocycles. The Kier molecular flexibility index (Phi) is 7.37. The summed E-state index contributed by atoms with van der Waals surface area (Å²) in [7, 11) is -6.35. The molecule has 0 bridgehead atoms. The SMILES string of the molecule is COc1ccc(S(=O)(=O)N2CCC[C@@H](C)C2)cc1N1CCN(S(=O)(=O)c2ccc(F)cc2F)CC1. The first-order chi connectivity index (χ1) is 16.5. The van der Waals surface area contributed by atoms with E-state index in [0.29, 0.717) is 30.6 Å². The first kappa shape index (κ1) is 25.8. The summed E-state index contributed by atoms with van der Waals surface area (Å²) >= 11 is 0. The summed E-state index contributed by atoms with van der Waals surface area (Å²) in [5, 5.41) is 0. The van der Waals surface area contributed by atoms with Crippen molar-refractivity contribution >= 4 is 25.7 Å². The number of halogens is 2. The van der Waals surface area contributed by atoms with Crippen molar-refractivity contribution in [3.63, 3.8) is 0 Å². The molecule has 0 saturated carbocycles. The molecule has 0 aliphatic carbocycles. The van der Waals surface area contributed by atoms with Crippen LogP contribution in [0.15, 0.2) is 46.2 Å². The van der Waals surface area contributed by atoms with Gasteiger partial charge in [0.2, 0.25) is 20.0 Å². The van der Waals surface area contributed by atoms with Crippen molar-refractivity contribution in [3.8, 4) is 5.75 Å². The minimum Gasteiger partial charge on any atom is -0.495 e. The number of hydrogen-bond acceptors (Lipinski definition) is 6. The molecule has 0 unspecified atom stereocenters. The molecule has 1 atom stereocenters. The second-order valence-corrected chi connectivity index (χ2v) is 12.8. The Balaban J connectivity index is 1.55. The zero-order valence-corrected chi connectivity index (χ0v) is 21.3. The molecular formula is C23H29F2N3O5S2. The van der Waals surface area contributed by atoms with Gasteiger partial charge in [-0.05, 0) is 49.1 Å². The van der Waals surface area contributed by atoms with Crippen LogP contribution < -0.4 is 9.64 Å². The van der Waals surface area contributed by atoms with Gasteiger partial charge >= 0.3 is 0 Å².